The van der Waals surface area contributed by atoms with Gasteiger partial charge in [-0.1, -0.05) is 12.1 Å². The number of amides is 1. The standard InChI is InChI=1S/C16H16F3N3O2S/c1-2-24-15(23)21-12-7-8-13(22-14(12)20)25-9-10-3-5-11(6-4-10)16(17,18)19/h3-8H,2,9H2,1H3,(H2,20,22)(H,21,23). The van der Waals surface area contributed by atoms with Crippen LogP contribution in [0.4, 0.5) is 29.5 Å². The number of rotatable bonds is 5. The van der Waals surface area contributed by atoms with E-state index in [1.165, 1.54) is 23.9 Å². The number of anilines is 2. The summed E-state index contributed by atoms with van der Waals surface area (Å²) in [5.41, 5.74) is 6.16. The number of pyridine rings is 1. The van der Waals surface area contributed by atoms with Gasteiger partial charge in [-0.25, -0.2) is 9.78 Å². The Morgan fingerprint density at radius 3 is 2.48 bits per heavy atom. The number of nitrogens with zero attached hydrogens (tertiary/aromatic N) is 1. The van der Waals surface area contributed by atoms with Gasteiger partial charge in [0.2, 0.25) is 0 Å². The predicted molar refractivity (Wildman–Crippen MR) is 90.3 cm³/mol. The normalized spacial score (nSPS) is 11.2. The van der Waals surface area contributed by atoms with Crippen LogP contribution in [0.2, 0.25) is 0 Å². The number of hydrogen-bond donors (Lipinski definition) is 2. The number of hydrogen-bond acceptors (Lipinski definition) is 5. The molecule has 0 saturated carbocycles. The van der Waals surface area contributed by atoms with Gasteiger partial charge in [0.05, 0.1) is 22.9 Å². The molecule has 5 nitrogen and oxygen atoms in total. The maximum atomic E-state index is 12.5. The summed E-state index contributed by atoms with van der Waals surface area (Å²) in [6.07, 6.45) is -4.97. The van der Waals surface area contributed by atoms with Crippen molar-refractivity contribution in [3.05, 3.63) is 47.5 Å². The van der Waals surface area contributed by atoms with Crippen molar-refractivity contribution in [2.75, 3.05) is 17.7 Å². The maximum absolute atomic E-state index is 12.5. The molecular formula is C16H16F3N3O2S. The van der Waals surface area contributed by atoms with E-state index in [-0.39, 0.29) is 12.4 Å². The van der Waals surface area contributed by atoms with Crippen LogP contribution in [0.15, 0.2) is 41.4 Å². The molecule has 0 aliphatic heterocycles. The Morgan fingerprint density at radius 2 is 1.92 bits per heavy atom. The van der Waals surface area contributed by atoms with Gasteiger partial charge in [0.15, 0.2) is 0 Å². The smallest absolute Gasteiger partial charge is 0.416 e. The zero-order valence-electron chi connectivity index (χ0n) is 13.3. The molecular weight excluding hydrogens is 355 g/mol. The fraction of sp³-hybridized carbons (Fsp3) is 0.250. The lowest BCUT2D eigenvalue weighted by Gasteiger charge is -2.09. The highest BCUT2D eigenvalue weighted by atomic mass is 32.2. The number of nitrogen functional groups attached to an aromatic ring is 1. The van der Waals surface area contributed by atoms with Crippen LogP contribution in [0, 0.1) is 0 Å². The topological polar surface area (TPSA) is 77.2 Å². The van der Waals surface area contributed by atoms with Crippen LogP contribution in [0.25, 0.3) is 0 Å². The van der Waals surface area contributed by atoms with E-state index in [4.69, 9.17) is 10.5 Å². The fourth-order valence-electron chi connectivity index (χ4n) is 1.87. The van der Waals surface area contributed by atoms with Crippen molar-refractivity contribution in [1.82, 2.24) is 4.98 Å². The number of nitrogens with two attached hydrogens (primary N) is 1. The number of halogens is 3. The highest BCUT2D eigenvalue weighted by Crippen LogP contribution is 2.30. The molecule has 0 atom stereocenters. The van der Waals surface area contributed by atoms with Crippen LogP contribution >= 0.6 is 11.8 Å². The van der Waals surface area contributed by atoms with Gasteiger partial charge in [-0.15, -0.1) is 11.8 Å². The van der Waals surface area contributed by atoms with E-state index in [0.717, 1.165) is 17.7 Å². The van der Waals surface area contributed by atoms with Crippen molar-refractivity contribution in [2.24, 2.45) is 0 Å². The van der Waals surface area contributed by atoms with Gasteiger partial charge in [-0.3, -0.25) is 5.32 Å². The first-order chi connectivity index (χ1) is 11.8. The van der Waals surface area contributed by atoms with Crippen LogP contribution in [-0.4, -0.2) is 17.7 Å². The lowest BCUT2D eigenvalue weighted by molar-refractivity contribution is -0.137. The Bertz CT molecular complexity index is 736. The molecule has 1 amide bonds. The molecule has 1 aromatic carbocycles. The first-order valence-corrected chi connectivity index (χ1v) is 8.27. The molecule has 0 bridgehead atoms. The summed E-state index contributed by atoms with van der Waals surface area (Å²) in [4.78, 5) is 15.5. The number of ether oxygens (including phenoxy) is 1. The predicted octanol–water partition coefficient (Wildman–Crippen LogP) is 4.54. The first kappa shape index (κ1) is 18.9. The lowest BCUT2D eigenvalue weighted by atomic mass is 10.1. The van der Waals surface area contributed by atoms with E-state index >= 15 is 0 Å². The van der Waals surface area contributed by atoms with E-state index in [1.807, 2.05) is 0 Å². The summed E-state index contributed by atoms with van der Waals surface area (Å²) < 4.78 is 42.3. The quantitative estimate of drug-likeness (QED) is 0.755. The van der Waals surface area contributed by atoms with Gasteiger partial charge >= 0.3 is 12.3 Å². The molecule has 0 unspecified atom stereocenters. The molecule has 2 rings (SSSR count). The Labute approximate surface area is 146 Å². The summed E-state index contributed by atoms with van der Waals surface area (Å²) >= 11 is 1.32. The Balaban J connectivity index is 1.97. The van der Waals surface area contributed by atoms with Crippen molar-refractivity contribution in [1.29, 1.82) is 0 Å². The molecule has 3 N–H and O–H groups in total. The van der Waals surface area contributed by atoms with Crippen molar-refractivity contribution >= 4 is 29.4 Å². The molecule has 0 aliphatic carbocycles. The Kier molecular flexibility index (Phi) is 6.13. The van der Waals surface area contributed by atoms with Crippen molar-refractivity contribution in [3.8, 4) is 0 Å². The molecule has 2 aromatic rings. The average Bonchev–Trinajstić information content (AvgIpc) is 2.55. The summed E-state index contributed by atoms with van der Waals surface area (Å²) in [5.74, 6) is 0.570. The number of carbonyl (C=O) groups is 1. The summed E-state index contributed by atoms with van der Waals surface area (Å²) in [6, 6.07) is 8.20. The third-order valence-electron chi connectivity index (χ3n) is 3.08. The molecule has 1 aromatic heterocycles. The number of carbonyl (C=O) groups excluding carboxylic acids is 1. The zero-order valence-corrected chi connectivity index (χ0v) is 14.1. The second-order valence-electron chi connectivity index (χ2n) is 4.91. The molecule has 0 fully saturated rings. The average molecular weight is 371 g/mol. The fourth-order valence-corrected chi connectivity index (χ4v) is 2.70. The maximum Gasteiger partial charge on any atom is 0.416 e. The Hall–Kier alpha value is -2.42. The molecule has 0 spiro atoms. The van der Waals surface area contributed by atoms with Gasteiger partial charge in [-0.2, -0.15) is 13.2 Å². The summed E-state index contributed by atoms with van der Waals surface area (Å²) in [6.45, 7) is 1.92. The van der Waals surface area contributed by atoms with Crippen molar-refractivity contribution in [3.63, 3.8) is 0 Å². The van der Waals surface area contributed by atoms with Crippen LogP contribution in [0.5, 0.6) is 0 Å². The van der Waals surface area contributed by atoms with Crippen LogP contribution in [-0.2, 0) is 16.7 Å². The molecule has 0 aliphatic rings. The molecule has 134 valence electrons. The number of alkyl halides is 3. The van der Waals surface area contributed by atoms with Gasteiger partial charge in [0.1, 0.15) is 5.82 Å². The minimum Gasteiger partial charge on any atom is -0.450 e. The van der Waals surface area contributed by atoms with Crippen molar-refractivity contribution < 1.29 is 22.7 Å². The van der Waals surface area contributed by atoms with Crippen LogP contribution in [0.3, 0.4) is 0 Å². The van der Waals surface area contributed by atoms with E-state index in [1.54, 1.807) is 19.1 Å². The molecule has 25 heavy (non-hydrogen) atoms. The van der Waals surface area contributed by atoms with Gasteiger partial charge < -0.3 is 10.5 Å². The number of thioether (sulfide) groups is 1. The third kappa shape index (κ3) is 5.56. The molecule has 1 heterocycles. The zero-order chi connectivity index (χ0) is 18.4. The first-order valence-electron chi connectivity index (χ1n) is 7.29. The highest BCUT2D eigenvalue weighted by molar-refractivity contribution is 7.98. The van der Waals surface area contributed by atoms with Crippen LogP contribution < -0.4 is 11.1 Å². The van der Waals surface area contributed by atoms with Gasteiger partial charge in [0.25, 0.3) is 0 Å². The molecule has 0 saturated heterocycles. The van der Waals surface area contributed by atoms with Crippen molar-refractivity contribution in [2.45, 2.75) is 23.9 Å². The minimum atomic E-state index is -4.34. The van der Waals surface area contributed by atoms with Crippen LogP contribution in [0.1, 0.15) is 18.1 Å². The monoisotopic (exact) mass is 371 g/mol. The Morgan fingerprint density at radius 1 is 1.24 bits per heavy atom. The summed E-state index contributed by atoms with van der Waals surface area (Å²) in [7, 11) is 0. The number of aromatic nitrogens is 1. The number of nitrogens with one attached hydrogen (secondary N) is 1. The second kappa shape index (κ2) is 8.11. The summed E-state index contributed by atoms with van der Waals surface area (Å²) in [5, 5.41) is 3.06. The third-order valence-corrected chi connectivity index (χ3v) is 4.08. The van der Waals surface area contributed by atoms with E-state index in [9.17, 15) is 18.0 Å². The van der Waals surface area contributed by atoms with E-state index in [0.29, 0.717) is 16.5 Å². The second-order valence-corrected chi connectivity index (χ2v) is 5.91. The number of benzene rings is 1. The highest BCUT2D eigenvalue weighted by Gasteiger charge is 2.29. The largest absolute Gasteiger partial charge is 0.450 e. The minimum absolute atomic E-state index is 0.130. The lowest BCUT2D eigenvalue weighted by Crippen LogP contribution is -2.15. The van der Waals surface area contributed by atoms with Gasteiger partial charge in [0, 0.05) is 5.75 Å². The van der Waals surface area contributed by atoms with Gasteiger partial charge in [-0.05, 0) is 36.8 Å². The van der Waals surface area contributed by atoms with E-state index in [2.05, 4.69) is 10.3 Å². The molecule has 0 radical (unpaired) electrons. The SMILES string of the molecule is CCOC(=O)Nc1ccc(SCc2ccc(C(F)(F)F)cc2)nc1N. The molecule has 9 heteroatoms. The van der Waals surface area contributed by atoms with E-state index < -0.39 is 17.8 Å².